The third kappa shape index (κ3) is 2.66. The van der Waals surface area contributed by atoms with Gasteiger partial charge in [-0.05, 0) is 37.5 Å². The summed E-state index contributed by atoms with van der Waals surface area (Å²) >= 11 is 3.37. The van der Waals surface area contributed by atoms with Crippen molar-refractivity contribution >= 4 is 27.9 Å². The van der Waals surface area contributed by atoms with E-state index >= 15 is 0 Å². The highest BCUT2D eigenvalue weighted by Crippen LogP contribution is 2.19. The lowest BCUT2D eigenvalue weighted by atomic mass is 9.93. The van der Waals surface area contributed by atoms with Crippen LogP contribution < -0.4 is 10.6 Å². The van der Waals surface area contributed by atoms with Gasteiger partial charge in [-0.15, -0.1) is 0 Å². The van der Waals surface area contributed by atoms with Crippen LogP contribution in [0.1, 0.15) is 18.9 Å². The van der Waals surface area contributed by atoms with Crippen molar-refractivity contribution in [2.45, 2.75) is 25.3 Å². The number of imide groups is 1. The molecule has 0 unspecified atom stereocenters. The van der Waals surface area contributed by atoms with Crippen LogP contribution in [0.15, 0.2) is 28.7 Å². The zero-order valence-electron chi connectivity index (χ0n) is 9.42. The van der Waals surface area contributed by atoms with Crippen molar-refractivity contribution in [1.29, 1.82) is 0 Å². The van der Waals surface area contributed by atoms with Gasteiger partial charge in [0.05, 0.1) is 0 Å². The Labute approximate surface area is 108 Å². The average Bonchev–Trinajstić information content (AvgIpc) is 2.52. The fourth-order valence-electron chi connectivity index (χ4n) is 1.80. The normalized spacial score (nSPS) is 23.4. The van der Waals surface area contributed by atoms with Gasteiger partial charge in [0.25, 0.3) is 5.91 Å². The minimum Gasteiger partial charge on any atom is -0.324 e. The molecule has 0 aromatic heterocycles. The van der Waals surface area contributed by atoms with Crippen LogP contribution in [0.5, 0.6) is 0 Å². The SMILES string of the molecule is C[C@]1(CCc2ccc(Br)cc2)NC(=O)NC1=O. The molecular formula is C12H13BrN2O2. The maximum atomic E-state index is 11.6. The summed E-state index contributed by atoms with van der Waals surface area (Å²) in [7, 11) is 0. The highest BCUT2D eigenvalue weighted by atomic mass is 79.9. The number of carbonyl (C=O) groups is 2. The van der Waals surface area contributed by atoms with E-state index in [0.29, 0.717) is 6.42 Å². The summed E-state index contributed by atoms with van der Waals surface area (Å²) in [6, 6.07) is 7.52. The van der Waals surface area contributed by atoms with E-state index in [1.807, 2.05) is 24.3 Å². The molecule has 1 fully saturated rings. The fourth-order valence-corrected chi connectivity index (χ4v) is 2.07. The van der Waals surface area contributed by atoms with E-state index in [1.165, 1.54) is 0 Å². The van der Waals surface area contributed by atoms with Gasteiger partial charge in [0.1, 0.15) is 5.54 Å². The topological polar surface area (TPSA) is 58.2 Å². The first kappa shape index (κ1) is 12.1. The maximum Gasteiger partial charge on any atom is 0.322 e. The van der Waals surface area contributed by atoms with Gasteiger partial charge >= 0.3 is 6.03 Å². The van der Waals surface area contributed by atoms with Gasteiger partial charge in [-0.3, -0.25) is 10.1 Å². The first-order valence-electron chi connectivity index (χ1n) is 5.38. The maximum absolute atomic E-state index is 11.6. The Kier molecular flexibility index (Phi) is 3.19. The van der Waals surface area contributed by atoms with Crippen molar-refractivity contribution in [3.8, 4) is 0 Å². The molecule has 2 N–H and O–H groups in total. The molecule has 0 aliphatic carbocycles. The van der Waals surface area contributed by atoms with E-state index in [-0.39, 0.29) is 5.91 Å². The molecular weight excluding hydrogens is 284 g/mol. The molecule has 0 spiro atoms. The zero-order chi connectivity index (χ0) is 12.5. The van der Waals surface area contributed by atoms with Gasteiger partial charge < -0.3 is 5.32 Å². The van der Waals surface area contributed by atoms with Gasteiger partial charge in [0.15, 0.2) is 0 Å². The zero-order valence-corrected chi connectivity index (χ0v) is 11.0. The molecule has 2 rings (SSSR count). The fraction of sp³-hybridized carbons (Fsp3) is 0.333. The van der Waals surface area contributed by atoms with Gasteiger partial charge in [-0.25, -0.2) is 4.79 Å². The Morgan fingerprint density at radius 1 is 1.24 bits per heavy atom. The van der Waals surface area contributed by atoms with Crippen LogP contribution in [0.2, 0.25) is 0 Å². The van der Waals surface area contributed by atoms with E-state index in [9.17, 15) is 9.59 Å². The number of carbonyl (C=O) groups excluding carboxylic acids is 2. The van der Waals surface area contributed by atoms with Crippen molar-refractivity contribution in [1.82, 2.24) is 10.6 Å². The number of halogens is 1. The molecule has 1 heterocycles. The van der Waals surface area contributed by atoms with Gasteiger partial charge in [-0.2, -0.15) is 0 Å². The Hall–Kier alpha value is -1.36. The average molecular weight is 297 g/mol. The smallest absolute Gasteiger partial charge is 0.322 e. The molecule has 4 nitrogen and oxygen atoms in total. The summed E-state index contributed by atoms with van der Waals surface area (Å²) in [6.07, 6.45) is 1.34. The van der Waals surface area contributed by atoms with Crippen LogP contribution >= 0.6 is 15.9 Å². The monoisotopic (exact) mass is 296 g/mol. The summed E-state index contributed by atoms with van der Waals surface area (Å²) in [4.78, 5) is 22.7. The second-order valence-corrected chi connectivity index (χ2v) is 5.28. The number of benzene rings is 1. The molecule has 1 aliphatic rings. The summed E-state index contributed by atoms with van der Waals surface area (Å²) in [5, 5.41) is 4.91. The van der Waals surface area contributed by atoms with Crippen molar-refractivity contribution in [2.24, 2.45) is 0 Å². The third-order valence-corrected chi connectivity index (χ3v) is 3.47. The van der Waals surface area contributed by atoms with Crippen molar-refractivity contribution in [2.75, 3.05) is 0 Å². The molecule has 1 atom stereocenters. The lowest BCUT2D eigenvalue weighted by molar-refractivity contribution is -0.123. The highest BCUT2D eigenvalue weighted by molar-refractivity contribution is 9.10. The van der Waals surface area contributed by atoms with Gasteiger partial charge in [0.2, 0.25) is 0 Å². The van der Waals surface area contributed by atoms with E-state index in [0.717, 1.165) is 16.5 Å². The molecule has 0 saturated carbocycles. The number of hydrogen-bond acceptors (Lipinski definition) is 2. The van der Waals surface area contributed by atoms with Crippen molar-refractivity contribution < 1.29 is 9.59 Å². The first-order chi connectivity index (χ1) is 7.99. The molecule has 0 radical (unpaired) electrons. The number of hydrogen-bond donors (Lipinski definition) is 2. The Morgan fingerprint density at radius 2 is 1.88 bits per heavy atom. The number of aryl methyl sites for hydroxylation is 1. The molecule has 5 heteroatoms. The van der Waals surface area contributed by atoms with E-state index in [2.05, 4.69) is 26.6 Å². The minimum absolute atomic E-state index is 0.250. The standard InChI is InChI=1S/C12H13BrN2O2/c1-12(10(16)14-11(17)15-12)7-6-8-2-4-9(13)5-3-8/h2-5H,6-7H2,1H3,(H2,14,15,16,17)/t12-/m1/s1. The second kappa shape index (κ2) is 4.49. The Balaban J connectivity index is 2.00. The first-order valence-corrected chi connectivity index (χ1v) is 6.17. The lowest BCUT2D eigenvalue weighted by Crippen LogP contribution is -2.43. The predicted molar refractivity (Wildman–Crippen MR) is 67.5 cm³/mol. The summed E-state index contributed by atoms with van der Waals surface area (Å²) in [5.41, 5.74) is 0.354. The largest absolute Gasteiger partial charge is 0.324 e. The summed E-state index contributed by atoms with van der Waals surface area (Å²) < 4.78 is 1.03. The molecule has 17 heavy (non-hydrogen) atoms. The van der Waals surface area contributed by atoms with E-state index < -0.39 is 11.6 Å². The van der Waals surface area contributed by atoms with E-state index in [1.54, 1.807) is 6.92 Å². The van der Waals surface area contributed by atoms with Gasteiger partial charge in [0, 0.05) is 4.47 Å². The summed E-state index contributed by atoms with van der Waals surface area (Å²) in [6.45, 7) is 1.74. The van der Waals surface area contributed by atoms with Gasteiger partial charge in [-0.1, -0.05) is 28.1 Å². The van der Waals surface area contributed by atoms with Crippen LogP contribution in [0.3, 0.4) is 0 Å². The van der Waals surface area contributed by atoms with Crippen LogP contribution in [0, 0.1) is 0 Å². The molecule has 1 saturated heterocycles. The molecule has 1 aromatic rings. The predicted octanol–water partition coefficient (Wildman–Crippen LogP) is 1.98. The van der Waals surface area contributed by atoms with Crippen LogP contribution in [-0.2, 0) is 11.2 Å². The number of urea groups is 1. The van der Waals surface area contributed by atoms with Crippen molar-refractivity contribution in [3.05, 3.63) is 34.3 Å². The molecule has 1 aromatic carbocycles. The van der Waals surface area contributed by atoms with E-state index in [4.69, 9.17) is 0 Å². The Bertz CT molecular complexity index is 458. The Morgan fingerprint density at radius 3 is 2.41 bits per heavy atom. The second-order valence-electron chi connectivity index (χ2n) is 4.37. The highest BCUT2D eigenvalue weighted by Gasteiger charge is 2.41. The minimum atomic E-state index is -0.788. The third-order valence-electron chi connectivity index (χ3n) is 2.94. The van der Waals surface area contributed by atoms with Crippen molar-refractivity contribution in [3.63, 3.8) is 0 Å². The molecule has 90 valence electrons. The number of rotatable bonds is 3. The van der Waals surface area contributed by atoms with Crippen LogP contribution in [0.4, 0.5) is 4.79 Å². The number of amides is 3. The molecule has 1 aliphatic heterocycles. The number of nitrogens with one attached hydrogen (secondary N) is 2. The molecule has 3 amide bonds. The van der Waals surface area contributed by atoms with Crippen LogP contribution in [-0.4, -0.2) is 17.5 Å². The summed E-state index contributed by atoms with van der Waals surface area (Å²) in [5.74, 6) is -0.250. The lowest BCUT2D eigenvalue weighted by Gasteiger charge is -2.20. The quantitative estimate of drug-likeness (QED) is 0.838. The van der Waals surface area contributed by atoms with Crippen LogP contribution in [0.25, 0.3) is 0 Å². The molecule has 0 bridgehead atoms.